The van der Waals surface area contributed by atoms with Crippen molar-refractivity contribution in [2.45, 2.75) is 0 Å². The summed E-state index contributed by atoms with van der Waals surface area (Å²) in [4.78, 5) is 11.7. The van der Waals surface area contributed by atoms with Gasteiger partial charge in [-0.05, 0) is 24.4 Å². The van der Waals surface area contributed by atoms with Crippen molar-refractivity contribution in [3.05, 3.63) is 58.9 Å². The van der Waals surface area contributed by atoms with Crippen LogP contribution in [-0.4, -0.2) is 4.73 Å². The maximum atomic E-state index is 11.7. The van der Waals surface area contributed by atoms with E-state index in [0.717, 1.165) is 19.9 Å². The molecule has 0 aliphatic heterocycles. The third kappa shape index (κ3) is 1.10. The second kappa shape index (κ2) is 3.06. The van der Waals surface area contributed by atoms with Gasteiger partial charge in [-0.15, -0.1) is 0 Å². The zero-order valence-electron chi connectivity index (χ0n) is 8.33. The molecule has 0 atom stereocenters. The van der Waals surface area contributed by atoms with E-state index in [1.165, 1.54) is 12.4 Å². The summed E-state index contributed by atoms with van der Waals surface area (Å²) in [5.41, 5.74) is 0.825. The van der Waals surface area contributed by atoms with E-state index >= 15 is 0 Å². The molecule has 0 saturated heterocycles. The molecule has 0 N–H and O–H groups in total. The Kier molecular flexibility index (Phi) is 1.71. The molecule has 0 unspecified atom stereocenters. The molecule has 4 nitrogen and oxygen atoms in total. The van der Waals surface area contributed by atoms with Crippen LogP contribution in [0.1, 0.15) is 0 Å². The lowest BCUT2D eigenvalue weighted by Crippen LogP contribution is -2.14. The summed E-state index contributed by atoms with van der Waals surface area (Å²) in [6.07, 6.45) is 2.80. The van der Waals surface area contributed by atoms with E-state index in [1.807, 2.05) is 24.3 Å². The predicted molar refractivity (Wildman–Crippen MR) is 61.6 cm³/mol. The van der Waals surface area contributed by atoms with E-state index in [0.29, 0.717) is 11.0 Å². The van der Waals surface area contributed by atoms with Gasteiger partial charge < -0.3 is 9.94 Å². The van der Waals surface area contributed by atoms with Crippen molar-refractivity contribution in [1.82, 2.24) is 4.73 Å². The highest BCUT2D eigenvalue weighted by molar-refractivity contribution is 6.01. The van der Waals surface area contributed by atoms with Gasteiger partial charge in [-0.2, -0.15) is 0 Å². The van der Waals surface area contributed by atoms with Crippen molar-refractivity contribution in [3.63, 3.8) is 0 Å². The summed E-state index contributed by atoms with van der Waals surface area (Å²) in [6.45, 7) is 0. The van der Waals surface area contributed by atoms with Crippen LogP contribution in [0.5, 0.6) is 0 Å². The Bertz CT molecular complexity index is 747. The van der Waals surface area contributed by atoms with Crippen molar-refractivity contribution in [1.29, 1.82) is 0 Å². The summed E-state index contributed by atoms with van der Waals surface area (Å²) in [5, 5.41) is 13.2. The molecule has 2 aromatic heterocycles. The predicted octanol–water partition coefficient (Wildman–Crippen LogP) is 2.05. The van der Waals surface area contributed by atoms with Crippen LogP contribution in [-0.2, 0) is 0 Å². The monoisotopic (exact) mass is 214 g/mol. The molecule has 2 heterocycles. The van der Waals surface area contributed by atoms with Crippen molar-refractivity contribution in [3.8, 4) is 0 Å². The second-order valence-electron chi connectivity index (χ2n) is 3.61. The van der Waals surface area contributed by atoms with Gasteiger partial charge in [0.05, 0.1) is 9.81 Å². The molecule has 0 aliphatic rings. The summed E-state index contributed by atoms with van der Waals surface area (Å²) < 4.78 is 1.46. The van der Waals surface area contributed by atoms with Gasteiger partial charge in [-0.25, -0.2) is 0 Å². The lowest BCUT2D eigenvalue weighted by atomic mass is 10.1. The molecule has 4 heteroatoms. The third-order valence-corrected chi connectivity index (χ3v) is 2.65. The average molecular weight is 214 g/mol. The first-order valence-corrected chi connectivity index (χ1v) is 4.90. The Labute approximate surface area is 90.5 Å². The zero-order valence-corrected chi connectivity index (χ0v) is 8.33. The molecule has 16 heavy (non-hydrogen) atoms. The lowest BCUT2D eigenvalue weighted by molar-refractivity contribution is -0.462. The number of rotatable bonds is 0. The summed E-state index contributed by atoms with van der Waals surface area (Å²) >= 11 is 0. The molecule has 0 saturated carbocycles. The standard InChI is InChI=1S/C12H8N2O2/c15-13-7-1-3-9-5-6-10-4-2-8-14(16)12(10)11(9)13/h1-8H/i15+2. The van der Waals surface area contributed by atoms with E-state index < -0.39 is 0 Å². The van der Waals surface area contributed by atoms with Crippen LogP contribution >= 0.6 is 0 Å². The van der Waals surface area contributed by atoms with Gasteiger partial charge >= 0.3 is 0 Å². The second-order valence-corrected chi connectivity index (χ2v) is 3.61. The molecule has 0 aliphatic carbocycles. The number of pyridine rings is 2. The molecule has 0 bridgehead atoms. The fourth-order valence-electron chi connectivity index (χ4n) is 1.94. The van der Waals surface area contributed by atoms with Crippen molar-refractivity contribution < 1.29 is 4.43 Å². The number of hydrogen-bond donors (Lipinski definition) is 0. The van der Waals surface area contributed by atoms with Crippen LogP contribution in [0.25, 0.3) is 21.8 Å². The Morgan fingerprint density at radius 2 is 1.81 bits per heavy atom. The molecule has 78 valence electrons. The van der Waals surface area contributed by atoms with Crippen LogP contribution in [0.4, 0.5) is 0 Å². The summed E-state index contributed by atoms with van der Waals surface area (Å²) in [6, 6.07) is 10.6. The van der Waals surface area contributed by atoms with E-state index in [1.54, 1.807) is 12.1 Å². The van der Waals surface area contributed by atoms with E-state index in [-0.39, 0.29) is 0 Å². The number of nitrogens with zero attached hydrogens (tertiary/aromatic N) is 2. The van der Waals surface area contributed by atoms with E-state index in [9.17, 15) is 10.1 Å². The maximum Gasteiger partial charge on any atom is 0.293 e. The first-order valence-electron chi connectivity index (χ1n) is 4.90. The average Bonchev–Trinajstić information content (AvgIpc) is 2.29. The number of aromatic nitrogens is 2. The minimum atomic E-state index is 0.413. The van der Waals surface area contributed by atoms with E-state index in [4.69, 9.17) is 0 Å². The topological polar surface area (TPSA) is 51.0 Å². The maximum absolute atomic E-state index is 11.7. The highest BCUT2D eigenvalue weighted by atomic mass is 18.1. The van der Waals surface area contributed by atoms with Crippen LogP contribution in [0.2, 0.25) is 0 Å². The third-order valence-electron chi connectivity index (χ3n) is 2.65. The van der Waals surface area contributed by atoms with E-state index in [2.05, 4.69) is 0 Å². The Hall–Kier alpha value is -2.36. The molecule has 0 radical (unpaired) electrons. The fraction of sp³-hybridized carbons (Fsp3) is 0. The smallest absolute Gasteiger partial charge is 0.293 e. The SMILES string of the molecule is [O-]n1cccc2ccc3ccc[n+](=[18O])c3c21. The lowest BCUT2D eigenvalue weighted by Gasteiger charge is -2.12. The Morgan fingerprint density at radius 3 is 2.69 bits per heavy atom. The van der Waals surface area contributed by atoms with Crippen molar-refractivity contribution in [2.75, 3.05) is 0 Å². The summed E-state index contributed by atoms with van der Waals surface area (Å²) in [5.74, 6) is 0. The van der Waals surface area contributed by atoms with Crippen LogP contribution < -0.4 is 4.43 Å². The highest BCUT2D eigenvalue weighted by Gasteiger charge is 2.11. The van der Waals surface area contributed by atoms with Crippen LogP contribution in [0.3, 0.4) is 0 Å². The van der Waals surface area contributed by atoms with Gasteiger partial charge in [0, 0.05) is 16.4 Å². The fourth-order valence-corrected chi connectivity index (χ4v) is 1.94. The molecule has 3 aromatic rings. The number of benzene rings is 1. The highest BCUT2D eigenvalue weighted by Crippen LogP contribution is 2.21. The molecule has 0 amide bonds. The number of fused-ring (bicyclic) bond motifs is 3. The Morgan fingerprint density at radius 1 is 1.06 bits per heavy atom. The molecule has 1 aromatic carbocycles. The van der Waals surface area contributed by atoms with Crippen LogP contribution in [0, 0.1) is 10.1 Å². The Balaban J connectivity index is 2.73. The molecular formula is C12H8N2O2. The van der Waals surface area contributed by atoms with Gasteiger partial charge in [0.2, 0.25) is 6.20 Å². The quantitative estimate of drug-likeness (QED) is 0.326. The van der Waals surface area contributed by atoms with Crippen molar-refractivity contribution in [2.24, 2.45) is 0 Å². The molecular weight excluding hydrogens is 206 g/mol. The van der Waals surface area contributed by atoms with Gasteiger partial charge in [0.25, 0.3) is 5.52 Å². The van der Waals surface area contributed by atoms with Crippen molar-refractivity contribution >= 4 is 21.8 Å². The van der Waals surface area contributed by atoms with Gasteiger partial charge in [0.15, 0.2) is 0 Å². The summed E-state index contributed by atoms with van der Waals surface area (Å²) in [7, 11) is 0. The molecule has 0 fully saturated rings. The molecule has 3 rings (SSSR count). The van der Waals surface area contributed by atoms with Crippen LogP contribution in [0.15, 0.2) is 48.8 Å². The number of hydrogen-bond acceptors (Lipinski definition) is 2. The first kappa shape index (κ1) is 8.91. The largest absolute Gasteiger partial charge is 0.805 e. The van der Waals surface area contributed by atoms with Gasteiger partial charge in [0.1, 0.15) is 5.52 Å². The first-order chi connectivity index (χ1) is 7.77. The van der Waals surface area contributed by atoms with Gasteiger partial charge in [-0.3, -0.25) is 0 Å². The normalized spacial score (nSPS) is 11.0. The molecule has 0 spiro atoms. The minimum absolute atomic E-state index is 0.413. The minimum Gasteiger partial charge on any atom is -0.805 e. The zero-order chi connectivity index (χ0) is 11.1. The van der Waals surface area contributed by atoms with Gasteiger partial charge in [-0.1, -0.05) is 12.1 Å².